The van der Waals surface area contributed by atoms with E-state index in [1.807, 2.05) is 11.4 Å². The summed E-state index contributed by atoms with van der Waals surface area (Å²) in [5.41, 5.74) is 5.74. The zero-order valence-electron chi connectivity index (χ0n) is 10.9. The molecular formula is C13H18N4OS. The first-order chi connectivity index (χ1) is 9.28. The van der Waals surface area contributed by atoms with Crippen LogP contribution in [-0.2, 0) is 4.74 Å². The first kappa shape index (κ1) is 12.6. The van der Waals surface area contributed by atoms with Crippen molar-refractivity contribution in [1.82, 2.24) is 9.97 Å². The molecule has 3 N–H and O–H groups in total. The molecule has 19 heavy (non-hydrogen) atoms. The number of nitrogens with two attached hydrogens (primary N) is 1. The van der Waals surface area contributed by atoms with Crippen LogP contribution in [0, 0.1) is 5.92 Å². The molecule has 3 heterocycles. The van der Waals surface area contributed by atoms with E-state index >= 15 is 0 Å². The maximum absolute atomic E-state index is 5.74. The largest absolute Gasteiger partial charge is 0.378 e. The maximum Gasteiger partial charge on any atom is 0.223 e. The number of thiophene rings is 1. The van der Waals surface area contributed by atoms with E-state index in [2.05, 4.69) is 22.2 Å². The number of hydrogen-bond acceptors (Lipinski definition) is 6. The Kier molecular flexibility index (Phi) is 3.52. The molecule has 102 valence electrons. The molecule has 0 bridgehead atoms. The Morgan fingerprint density at radius 2 is 2.42 bits per heavy atom. The molecular weight excluding hydrogens is 260 g/mol. The molecule has 1 fully saturated rings. The molecule has 2 aromatic rings. The lowest BCUT2D eigenvalue weighted by atomic mass is 10.00. The van der Waals surface area contributed by atoms with Gasteiger partial charge in [0.05, 0.1) is 11.5 Å². The standard InChI is InChI=1S/C13H18N4OS/c1-2-10-8(3-5-18-10)7-15-11-9-4-6-19-12(9)17-13(14)16-11/h4,6,8,10H,2-3,5,7H2,1H3,(H3,14,15,16,17). The van der Waals surface area contributed by atoms with Crippen molar-refractivity contribution in [2.45, 2.75) is 25.9 Å². The van der Waals surface area contributed by atoms with Gasteiger partial charge in [0.2, 0.25) is 5.95 Å². The van der Waals surface area contributed by atoms with Crippen LogP contribution < -0.4 is 11.1 Å². The second kappa shape index (κ2) is 5.30. The van der Waals surface area contributed by atoms with Gasteiger partial charge < -0.3 is 15.8 Å². The van der Waals surface area contributed by atoms with Crippen LogP contribution in [0.4, 0.5) is 11.8 Å². The van der Waals surface area contributed by atoms with Crippen molar-refractivity contribution < 1.29 is 4.74 Å². The van der Waals surface area contributed by atoms with Crippen LogP contribution in [0.2, 0.25) is 0 Å². The maximum atomic E-state index is 5.74. The fraction of sp³-hybridized carbons (Fsp3) is 0.538. The lowest BCUT2D eigenvalue weighted by Crippen LogP contribution is -2.23. The van der Waals surface area contributed by atoms with E-state index in [0.29, 0.717) is 18.0 Å². The number of nitrogens with one attached hydrogen (secondary N) is 1. The summed E-state index contributed by atoms with van der Waals surface area (Å²) in [5.74, 6) is 1.72. The third-order valence-corrected chi connectivity index (χ3v) is 4.43. The van der Waals surface area contributed by atoms with Gasteiger partial charge in [-0.25, -0.2) is 4.98 Å². The number of fused-ring (bicyclic) bond motifs is 1. The SMILES string of the molecule is CCC1OCCC1CNc1nc(N)nc2sccc12. The molecule has 0 amide bonds. The molecule has 2 atom stereocenters. The number of aromatic nitrogens is 2. The second-order valence-corrected chi connectivity index (χ2v) is 5.71. The van der Waals surface area contributed by atoms with Crippen molar-refractivity contribution >= 4 is 33.3 Å². The zero-order chi connectivity index (χ0) is 13.2. The van der Waals surface area contributed by atoms with Crippen LogP contribution in [0.25, 0.3) is 10.2 Å². The van der Waals surface area contributed by atoms with Crippen molar-refractivity contribution in [3.8, 4) is 0 Å². The third-order valence-electron chi connectivity index (χ3n) is 3.62. The molecule has 2 unspecified atom stereocenters. The quantitative estimate of drug-likeness (QED) is 0.899. The average Bonchev–Trinajstić information content (AvgIpc) is 3.03. The number of ether oxygens (including phenoxy) is 1. The summed E-state index contributed by atoms with van der Waals surface area (Å²) in [4.78, 5) is 9.47. The van der Waals surface area contributed by atoms with Gasteiger partial charge in [-0.1, -0.05) is 6.92 Å². The van der Waals surface area contributed by atoms with Gasteiger partial charge in [-0.15, -0.1) is 11.3 Å². The number of nitrogens with zero attached hydrogens (tertiary/aromatic N) is 2. The average molecular weight is 278 g/mol. The van der Waals surface area contributed by atoms with E-state index in [1.54, 1.807) is 11.3 Å². The van der Waals surface area contributed by atoms with Crippen molar-refractivity contribution in [1.29, 1.82) is 0 Å². The van der Waals surface area contributed by atoms with Gasteiger partial charge >= 0.3 is 0 Å². The Hall–Kier alpha value is -1.40. The zero-order valence-corrected chi connectivity index (χ0v) is 11.7. The monoisotopic (exact) mass is 278 g/mol. The van der Waals surface area contributed by atoms with Gasteiger partial charge in [-0.3, -0.25) is 0 Å². The highest BCUT2D eigenvalue weighted by Gasteiger charge is 2.26. The summed E-state index contributed by atoms with van der Waals surface area (Å²) < 4.78 is 5.70. The van der Waals surface area contributed by atoms with E-state index in [9.17, 15) is 0 Å². The van der Waals surface area contributed by atoms with Crippen LogP contribution in [-0.4, -0.2) is 29.2 Å². The topological polar surface area (TPSA) is 73.1 Å². The van der Waals surface area contributed by atoms with Crippen molar-refractivity contribution in [3.63, 3.8) is 0 Å². The highest BCUT2D eigenvalue weighted by molar-refractivity contribution is 7.16. The lowest BCUT2D eigenvalue weighted by Gasteiger charge is -2.17. The molecule has 1 saturated heterocycles. The van der Waals surface area contributed by atoms with E-state index in [-0.39, 0.29) is 0 Å². The minimum absolute atomic E-state index is 0.326. The van der Waals surface area contributed by atoms with Crippen LogP contribution >= 0.6 is 11.3 Å². The Morgan fingerprint density at radius 3 is 3.26 bits per heavy atom. The van der Waals surface area contributed by atoms with E-state index in [0.717, 1.165) is 42.0 Å². The van der Waals surface area contributed by atoms with Gasteiger partial charge in [-0.2, -0.15) is 4.98 Å². The summed E-state index contributed by atoms with van der Waals surface area (Å²) in [6.45, 7) is 3.91. The van der Waals surface area contributed by atoms with Crippen molar-refractivity contribution in [2.75, 3.05) is 24.2 Å². The van der Waals surface area contributed by atoms with Gasteiger partial charge in [0.15, 0.2) is 0 Å². The Balaban J connectivity index is 1.76. The normalized spacial score (nSPS) is 23.0. The molecule has 6 heteroatoms. The number of anilines is 2. The number of nitrogen functional groups attached to an aromatic ring is 1. The molecule has 0 aromatic carbocycles. The van der Waals surface area contributed by atoms with E-state index in [1.165, 1.54) is 0 Å². The minimum Gasteiger partial charge on any atom is -0.378 e. The smallest absolute Gasteiger partial charge is 0.223 e. The first-order valence-corrected chi connectivity index (χ1v) is 7.52. The van der Waals surface area contributed by atoms with Crippen molar-refractivity contribution in [3.05, 3.63) is 11.4 Å². The number of rotatable bonds is 4. The summed E-state index contributed by atoms with van der Waals surface area (Å²) in [5, 5.41) is 6.48. The van der Waals surface area contributed by atoms with E-state index in [4.69, 9.17) is 10.5 Å². The van der Waals surface area contributed by atoms with Gasteiger partial charge in [0, 0.05) is 19.1 Å². The third kappa shape index (κ3) is 2.50. The first-order valence-electron chi connectivity index (χ1n) is 6.64. The van der Waals surface area contributed by atoms with Crippen LogP contribution in [0.1, 0.15) is 19.8 Å². The molecule has 0 radical (unpaired) electrons. The molecule has 3 rings (SSSR count). The van der Waals surface area contributed by atoms with Crippen LogP contribution in [0.5, 0.6) is 0 Å². The summed E-state index contributed by atoms with van der Waals surface area (Å²) in [6, 6.07) is 2.03. The lowest BCUT2D eigenvalue weighted by molar-refractivity contribution is 0.0900. The van der Waals surface area contributed by atoms with Crippen LogP contribution in [0.3, 0.4) is 0 Å². The fourth-order valence-corrected chi connectivity index (χ4v) is 3.38. The number of hydrogen-bond donors (Lipinski definition) is 2. The highest BCUT2D eigenvalue weighted by atomic mass is 32.1. The van der Waals surface area contributed by atoms with Gasteiger partial charge in [0.25, 0.3) is 0 Å². The minimum atomic E-state index is 0.326. The van der Waals surface area contributed by atoms with Gasteiger partial charge in [-0.05, 0) is 24.3 Å². The predicted molar refractivity (Wildman–Crippen MR) is 78.5 cm³/mol. The Morgan fingerprint density at radius 1 is 1.53 bits per heavy atom. The molecule has 0 spiro atoms. The molecule has 0 aliphatic carbocycles. The summed E-state index contributed by atoms with van der Waals surface area (Å²) in [6.07, 6.45) is 2.54. The fourth-order valence-electron chi connectivity index (χ4n) is 2.61. The summed E-state index contributed by atoms with van der Waals surface area (Å²) >= 11 is 1.58. The van der Waals surface area contributed by atoms with E-state index < -0.39 is 0 Å². The molecule has 0 saturated carbocycles. The summed E-state index contributed by atoms with van der Waals surface area (Å²) in [7, 11) is 0. The molecule has 1 aliphatic heterocycles. The van der Waals surface area contributed by atoms with Crippen molar-refractivity contribution in [2.24, 2.45) is 5.92 Å². The van der Waals surface area contributed by atoms with Crippen LogP contribution in [0.15, 0.2) is 11.4 Å². The molecule has 2 aromatic heterocycles. The Labute approximate surface area is 116 Å². The molecule has 1 aliphatic rings. The second-order valence-electron chi connectivity index (χ2n) is 4.82. The molecule has 5 nitrogen and oxygen atoms in total. The Bertz CT molecular complexity index is 571. The predicted octanol–water partition coefficient (Wildman–Crippen LogP) is 2.50. The van der Waals surface area contributed by atoms with Gasteiger partial charge in [0.1, 0.15) is 10.6 Å². The highest BCUT2D eigenvalue weighted by Crippen LogP contribution is 2.28.